The first-order chi connectivity index (χ1) is 8.72. The van der Waals surface area contributed by atoms with Gasteiger partial charge in [-0.2, -0.15) is 0 Å². The van der Waals surface area contributed by atoms with Crippen LogP contribution in [0.15, 0.2) is 18.2 Å². The number of rotatable bonds is 6. The lowest BCUT2D eigenvalue weighted by Gasteiger charge is -2.27. The van der Waals surface area contributed by atoms with Crippen LogP contribution in [0.25, 0.3) is 0 Å². The molecule has 2 N–H and O–H groups in total. The summed E-state index contributed by atoms with van der Waals surface area (Å²) in [5, 5.41) is 13.5. The van der Waals surface area contributed by atoms with Crippen LogP contribution in [0.4, 0.5) is 0 Å². The molecule has 0 spiro atoms. The molecule has 1 aromatic rings. The zero-order valence-electron chi connectivity index (χ0n) is 11.0. The van der Waals surface area contributed by atoms with Gasteiger partial charge in [0.25, 0.3) is 0 Å². The van der Waals surface area contributed by atoms with Crippen molar-refractivity contribution in [1.82, 2.24) is 5.32 Å². The van der Waals surface area contributed by atoms with Gasteiger partial charge >= 0.3 is 0 Å². The Kier molecular flexibility index (Phi) is 4.44. The molecule has 4 heteroatoms. The maximum Gasteiger partial charge on any atom is 0.122 e. The molecule has 0 radical (unpaired) electrons. The highest BCUT2D eigenvalue weighted by Gasteiger charge is 2.18. The maximum atomic E-state index is 10.2. The molecule has 1 aliphatic carbocycles. The zero-order chi connectivity index (χ0) is 13.0. The second kappa shape index (κ2) is 6.07. The predicted molar refractivity (Wildman–Crippen MR) is 70.1 cm³/mol. The lowest BCUT2D eigenvalue weighted by Crippen LogP contribution is -2.37. The summed E-state index contributed by atoms with van der Waals surface area (Å²) < 4.78 is 10.4. The van der Waals surface area contributed by atoms with Crippen LogP contribution in [-0.2, 0) is 0 Å². The third kappa shape index (κ3) is 3.15. The minimum atomic E-state index is -0.533. The largest absolute Gasteiger partial charge is 0.497 e. The number of hydrogen-bond acceptors (Lipinski definition) is 4. The highest BCUT2D eigenvalue weighted by molar-refractivity contribution is 5.39. The maximum absolute atomic E-state index is 10.2. The van der Waals surface area contributed by atoms with Crippen LogP contribution >= 0.6 is 0 Å². The number of benzene rings is 1. The van der Waals surface area contributed by atoms with Crippen molar-refractivity contribution in [3.05, 3.63) is 23.8 Å². The molecule has 1 aromatic carbocycles. The highest BCUT2D eigenvalue weighted by atomic mass is 16.5. The number of nitrogens with one attached hydrogen (secondary N) is 1. The molecular weight excluding hydrogens is 230 g/mol. The van der Waals surface area contributed by atoms with E-state index in [9.17, 15) is 5.11 Å². The molecule has 0 heterocycles. The smallest absolute Gasteiger partial charge is 0.122 e. The van der Waals surface area contributed by atoms with Gasteiger partial charge in [0.15, 0.2) is 0 Å². The van der Waals surface area contributed by atoms with Gasteiger partial charge in [-0.05, 0) is 30.5 Å². The molecule has 0 bridgehead atoms. The molecule has 1 aliphatic rings. The van der Waals surface area contributed by atoms with E-state index in [-0.39, 0.29) is 0 Å². The number of aliphatic hydroxyl groups excluding tert-OH is 1. The van der Waals surface area contributed by atoms with Crippen molar-refractivity contribution < 1.29 is 14.6 Å². The van der Waals surface area contributed by atoms with Crippen molar-refractivity contribution in [2.24, 2.45) is 0 Å². The molecular formula is C14H21NO3. The van der Waals surface area contributed by atoms with Gasteiger partial charge in [-0.25, -0.2) is 0 Å². The fourth-order valence-electron chi connectivity index (χ4n) is 2.03. The van der Waals surface area contributed by atoms with E-state index < -0.39 is 6.10 Å². The lowest BCUT2D eigenvalue weighted by molar-refractivity contribution is 0.160. The summed E-state index contributed by atoms with van der Waals surface area (Å²) in [5.41, 5.74) is 0.818. The molecule has 4 nitrogen and oxygen atoms in total. The van der Waals surface area contributed by atoms with E-state index in [1.165, 1.54) is 19.3 Å². The van der Waals surface area contributed by atoms with E-state index in [4.69, 9.17) is 9.47 Å². The Hall–Kier alpha value is -1.26. The fourth-order valence-corrected chi connectivity index (χ4v) is 2.03. The molecule has 1 fully saturated rings. The molecule has 0 aliphatic heterocycles. The fraction of sp³-hybridized carbons (Fsp3) is 0.571. The van der Waals surface area contributed by atoms with Crippen molar-refractivity contribution in [3.8, 4) is 11.5 Å². The summed E-state index contributed by atoms with van der Waals surface area (Å²) in [4.78, 5) is 0. The van der Waals surface area contributed by atoms with E-state index in [2.05, 4.69) is 5.32 Å². The molecule has 100 valence electrons. The minimum absolute atomic E-state index is 0.533. The van der Waals surface area contributed by atoms with Crippen molar-refractivity contribution in [2.45, 2.75) is 31.4 Å². The molecule has 0 saturated heterocycles. The Morgan fingerprint density at radius 1 is 1.22 bits per heavy atom. The molecule has 1 saturated carbocycles. The summed E-state index contributed by atoms with van der Waals surface area (Å²) >= 11 is 0. The Bertz CT molecular complexity index is 368. The topological polar surface area (TPSA) is 50.7 Å². The molecule has 2 rings (SSSR count). The number of aliphatic hydroxyl groups is 1. The van der Waals surface area contributed by atoms with Gasteiger partial charge in [0, 0.05) is 18.7 Å². The Labute approximate surface area is 108 Å². The summed E-state index contributed by atoms with van der Waals surface area (Å²) in [7, 11) is 3.22. The first-order valence-electron chi connectivity index (χ1n) is 6.37. The van der Waals surface area contributed by atoms with Gasteiger partial charge < -0.3 is 19.9 Å². The second-order valence-corrected chi connectivity index (χ2v) is 4.70. The first-order valence-corrected chi connectivity index (χ1v) is 6.37. The van der Waals surface area contributed by atoms with Crippen LogP contribution in [0.1, 0.15) is 30.9 Å². The summed E-state index contributed by atoms with van der Waals surface area (Å²) in [6.45, 7) is 0.570. The number of methoxy groups -OCH3 is 2. The molecule has 1 unspecified atom stereocenters. The van der Waals surface area contributed by atoms with E-state index >= 15 is 0 Å². The van der Waals surface area contributed by atoms with Crippen LogP contribution in [0.2, 0.25) is 0 Å². The van der Waals surface area contributed by atoms with Gasteiger partial charge in [-0.1, -0.05) is 6.42 Å². The average Bonchev–Trinajstić information content (AvgIpc) is 2.36. The Morgan fingerprint density at radius 2 is 1.83 bits per heavy atom. The highest BCUT2D eigenvalue weighted by Crippen LogP contribution is 2.26. The summed E-state index contributed by atoms with van der Waals surface area (Å²) in [5.74, 6) is 1.40. The third-order valence-electron chi connectivity index (χ3n) is 3.46. The average molecular weight is 251 g/mol. The van der Waals surface area contributed by atoms with Crippen LogP contribution in [0.3, 0.4) is 0 Å². The quantitative estimate of drug-likeness (QED) is 0.810. The SMILES string of the molecule is COc1cc(OC)cc(C(O)CNC2CCC2)c1. The number of hydrogen-bond donors (Lipinski definition) is 2. The lowest BCUT2D eigenvalue weighted by atomic mass is 9.93. The summed E-state index contributed by atoms with van der Waals surface area (Å²) in [6.07, 6.45) is 3.19. The van der Waals surface area contributed by atoms with E-state index in [0.29, 0.717) is 24.1 Å². The van der Waals surface area contributed by atoms with Crippen molar-refractivity contribution >= 4 is 0 Å². The molecule has 18 heavy (non-hydrogen) atoms. The van der Waals surface area contributed by atoms with Crippen molar-refractivity contribution in [2.75, 3.05) is 20.8 Å². The predicted octanol–water partition coefficient (Wildman–Crippen LogP) is 1.88. The first kappa shape index (κ1) is 13.2. The van der Waals surface area contributed by atoms with Crippen LogP contribution in [0.5, 0.6) is 11.5 Å². The van der Waals surface area contributed by atoms with Gasteiger partial charge in [0.1, 0.15) is 11.5 Å². The molecule has 0 aromatic heterocycles. The van der Waals surface area contributed by atoms with E-state index in [1.54, 1.807) is 20.3 Å². The molecule has 0 amide bonds. The van der Waals surface area contributed by atoms with E-state index in [1.807, 2.05) is 12.1 Å². The zero-order valence-corrected chi connectivity index (χ0v) is 11.0. The standard InChI is InChI=1S/C14H21NO3/c1-17-12-6-10(7-13(8-12)18-2)14(16)9-15-11-4-3-5-11/h6-8,11,14-16H,3-5,9H2,1-2H3. The van der Waals surface area contributed by atoms with Crippen molar-refractivity contribution in [3.63, 3.8) is 0 Å². The van der Waals surface area contributed by atoms with Crippen molar-refractivity contribution in [1.29, 1.82) is 0 Å². The van der Waals surface area contributed by atoms with Crippen LogP contribution in [-0.4, -0.2) is 31.9 Å². The Morgan fingerprint density at radius 3 is 2.28 bits per heavy atom. The summed E-state index contributed by atoms with van der Waals surface area (Å²) in [6, 6.07) is 6.06. The minimum Gasteiger partial charge on any atom is -0.497 e. The van der Waals surface area contributed by atoms with Gasteiger partial charge in [0.2, 0.25) is 0 Å². The second-order valence-electron chi connectivity index (χ2n) is 4.70. The van der Waals surface area contributed by atoms with Gasteiger partial charge in [0.05, 0.1) is 20.3 Å². The van der Waals surface area contributed by atoms with Gasteiger partial charge in [-0.15, -0.1) is 0 Å². The van der Waals surface area contributed by atoms with Crippen LogP contribution in [0, 0.1) is 0 Å². The van der Waals surface area contributed by atoms with E-state index in [0.717, 1.165) is 5.56 Å². The van der Waals surface area contributed by atoms with Gasteiger partial charge in [-0.3, -0.25) is 0 Å². The number of ether oxygens (including phenoxy) is 2. The normalized spacial score (nSPS) is 17.1. The third-order valence-corrected chi connectivity index (χ3v) is 3.46. The Balaban J connectivity index is 2.00. The molecule has 1 atom stereocenters. The monoisotopic (exact) mass is 251 g/mol. The van der Waals surface area contributed by atoms with Crippen LogP contribution < -0.4 is 14.8 Å².